The van der Waals surface area contributed by atoms with E-state index in [4.69, 9.17) is 2.86 Å². The van der Waals surface area contributed by atoms with E-state index in [-0.39, 0.29) is 6.86 Å². The zero-order valence-electron chi connectivity index (χ0n) is 15.5. The first-order valence-electron chi connectivity index (χ1n) is 8.34. The van der Waals surface area contributed by atoms with E-state index in [1.807, 2.05) is 60.7 Å². The van der Waals surface area contributed by atoms with Gasteiger partial charge in [-0.3, -0.25) is 0 Å². The molecule has 0 fully saturated rings. The van der Waals surface area contributed by atoms with Crippen LogP contribution in [0.25, 0.3) is 0 Å². The van der Waals surface area contributed by atoms with Crippen molar-refractivity contribution in [1.82, 2.24) is 0 Å². The van der Waals surface area contributed by atoms with Gasteiger partial charge in [-0.1, -0.05) is 0 Å². The van der Waals surface area contributed by atoms with E-state index < -0.39 is 27.5 Å². The number of benzene rings is 2. The standard InChI is InChI=1S/C12H11O2P.2C4H9.Sn/c13-15(14,11-7-3-1-4-8-11)12-9-5-2-6-10-12;2*1-4(2)3;/h1-10H,(H,13,14);2*1-3H3;/q;;;+1/p-1. The van der Waals surface area contributed by atoms with Crippen molar-refractivity contribution in [2.24, 2.45) is 0 Å². The van der Waals surface area contributed by atoms with Crippen LogP contribution in [0, 0.1) is 0 Å². The average molecular weight is 450 g/mol. The van der Waals surface area contributed by atoms with Crippen molar-refractivity contribution in [3.05, 3.63) is 60.7 Å². The summed E-state index contributed by atoms with van der Waals surface area (Å²) in [6, 6.07) is 19.4. The Hall–Kier alpha value is -0.571. The van der Waals surface area contributed by atoms with Crippen LogP contribution in [0.4, 0.5) is 0 Å². The molecule has 24 heavy (non-hydrogen) atoms. The van der Waals surface area contributed by atoms with Crippen molar-refractivity contribution in [2.75, 3.05) is 0 Å². The van der Waals surface area contributed by atoms with Crippen molar-refractivity contribution in [3.63, 3.8) is 0 Å². The Labute approximate surface area is 154 Å². The summed E-state index contributed by atoms with van der Waals surface area (Å²) in [5.74, 6) is 0. The molecule has 0 aliphatic heterocycles. The molecule has 0 aromatic heterocycles. The molecule has 1 radical (unpaired) electrons. The molecule has 2 nitrogen and oxygen atoms in total. The van der Waals surface area contributed by atoms with Gasteiger partial charge >= 0.3 is 155 Å². The molecule has 0 saturated carbocycles. The van der Waals surface area contributed by atoms with Crippen LogP contribution in [-0.4, -0.2) is 20.2 Å². The van der Waals surface area contributed by atoms with Crippen molar-refractivity contribution in [3.8, 4) is 0 Å². The van der Waals surface area contributed by atoms with Crippen LogP contribution in [-0.2, 0) is 7.43 Å². The maximum atomic E-state index is 14.1. The second-order valence-electron chi connectivity index (χ2n) is 8.14. The molecular weight excluding hydrogens is 422 g/mol. The molecule has 4 heteroatoms. The fraction of sp³-hybridized carbons (Fsp3) is 0.400. The first-order chi connectivity index (χ1) is 11.0. The van der Waals surface area contributed by atoms with Gasteiger partial charge in [-0.15, -0.1) is 0 Å². The summed E-state index contributed by atoms with van der Waals surface area (Å²) >= 11 is -2.54. The molecule has 0 aliphatic rings. The molecule has 2 rings (SSSR count). The molecular formula is C20H28O2PSn. The molecule has 0 saturated heterocycles. The van der Waals surface area contributed by atoms with E-state index in [0.29, 0.717) is 0 Å². The zero-order valence-corrected chi connectivity index (χ0v) is 19.3. The third kappa shape index (κ3) is 4.53. The molecule has 0 heterocycles. The number of hydrogen-bond donors (Lipinski definition) is 0. The van der Waals surface area contributed by atoms with Gasteiger partial charge in [-0.2, -0.15) is 0 Å². The summed E-state index contributed by atoms with van der Waals surface area (Å²) in [5, 5.41) is 1.59. The first-order valence-corrected chi connectivity index (χ1v) is 14.0. The minimum atomic E-state index is -3.09. The predicted octanol–water partition coefficient (Wildman–Crippen LogP) is 5.52. The molecule has 0 aliphatic carbocycles. The molecule has 0 atom stereocenters. The van der Waals surface area contributed by atoms with Gasteiger partial charge < -0.3 is 0 Å². The Morgan fingerprint density at radius 2 is 1.04 bits per heavy atom. The van der Waals surface area contributed by atoms with Crippen LogP contribution in [0.5, 0.6) is 0 Å². The van der Waals surface area contributed by atoms with E-state index in [0.717, 1.165) is 10.6 Å². The molecule has 0 unspecified atom stereocenters. The minimum absolute atomic E-state index is 0.0692. The van der Waals surface area contributed by atoms with Crippen LogP contribution < -0.4 is 10.6 Å². The van der Waals surface area contributed by atoms with Crippen LogP contribution in [0.3, 0.4) is 0 Å². The summed E-state index contributed by atoms with van der Waals surface area (Å²) in [4.78, 5) is 0. The second-order valence-corrected chi connectivity index (χ2v) is 22.5. The van der Waals surface area contributed by atoms with Gasteiger partial charge in [0.1, 0.15) is 0 Å². The molecule has 2 aromatic carbocycles. The molecule has 0 amide bonds. The van der Waals surface area contributed by atoms with E-state index in [1.54, 1.807) is 0 Å². The van der Waals surface area contributed by atoms with Gasteiger partial charge in [0.25, 0.3) is 0 Å². The SMILES string of the molecule is C[C](C)(C)[Sn]([O]P(=O)(c1ccccc1)c1ccccc1)[C](C)(C)C. The fourth-order valence-electron chi connectivity index (χ4n) is 3.03. The van der Waals surface area contributed by atoms with Crippen LogP contribution in [0.1, 0.15) is 41.5 Å². The second kappa shape index (κ2) is 7.35. The molecule has 129 valence electrons. The third-order valence-electron chi connectivity index (χ3n) is 3.77. The molecule has 0 N–H and O–H groups in total. The Kier molecular flexibility index (Phi) is 6.05. The summed E-state index contributed by atoms with van der Waals surface area (Å²) in [5.41, 5.74) is 0. The maximum absolute atomic E-state index is 14.1. The molecule has 2 aromatic rings. The monoisotopic (exact) mass is 451 g/mol. The van der Waals surface area contributed by atoms with E-state index in [1.165, 1.54) is 0 Å². The van der Waals surface area contributed by atoms with Gasteiger partial charge in [-0.05, 0) is 0 Å². The van der Waals surface area contributed by atoms with E-state index >= 15 is 0 Å². The fourth-order valence-corrected chi connectivity index (χ4v) is 20.6. The van der Waals surface area contributed by atoms with Gasteiger partial charge in [-0.25, -0.2) is 0 Å². The van der Waals surface area contributed by atoms with Crippen LogP contribution in [0.2, 0.25) is 6.86 Å². The number of rotatable bonds is 4. The van der Waals surface area contributed by atoms with Crippen molar-refractivity contribution in [2.45, 2.75) is 48.4 Å². The Balaban J connectivity index is 2.58. The van der Waals surface area contributed by atoms with Crippen LogP contribution in [0.15, 0.2) is 60.7 Å². The Morgan fingerprint density at radius 1 is 0.708 bits per heavy atom. The average Bonchev–Trinajstić information content (AvgIpc) is 2.52. The van der Waals surface area contributed by atoms with Crippen molar-refractivity contribution >= 4 is 38.2 Å². The topological polar surface area (TPSA) is 26.3 Å². The summed E-state index contributed by atoms with van der Waals surface area (Å²) in [6.07, 6.45) is 0. The Morgan fingerprint density at radius 3 is 1.33 bits per heavy atom. The zero-order chi connectivity index (χ0) is 18.0. The molecule has 0 spiro atoms. The summed E-state index contributed by atoms with van der Waals surface area (Å²) < 4.78 is 21.0. The first kappa shape index (κ1) is 19.7. The normalized spacial score (nSPS) is 13.3. The third-order valence-corrected chi connectivity index (χ3v) is 17.7. The van der Waals surface area contributed by atoms with E-state index in [9.17, 15) is 4.57 Å². The summed E-state index contributed by atoms with van der Waals surface area (Å²) in [6.45, 7) is 13.4. The van der Waals surface area contributed by atoms with Gasteiger partial charge in [0.15, 0.2) is 0 Å². The van der Waals surface area contributed by atoms with Crippen LogP contribution >= 0.6 is 7.37 Å². The quantitative estimate of drug-likeness (QED) is 0.453. The van der Waals surface area contributed by atoms with Gasteiger partial charge in [0.2, 0.25) is 0 Å². The van der Waals surface area contributed by atoms with Gasteiger partial charge in [0, 0.05) is 0 Å². The predicted molar refractivity (Wildman–Crippen MR) is 106 cm³/mol. The summed E-state index contributed by atoms with van der Waals surface area (Å²) in [7, 11) is -3.09. The van der Waals surface area contributed by atoms with E-state index in [2.05, 4.69) is 41.5 Å². The van der Waals surface area contributed by atoms with Gasteiger partial charge in [0.05, 0.1) is 0 Å². The Bertz CT molecular complexity index is 642. The molecule has 0 bridgehead atoms. The number of hydrogen-bond acceptors (Lipinski definition) is 2. The van der Waals surface area contributed by atoms with Crippen molar-refractivity contribution < 1.29 is 7.43 Å². The van der Waals surface area contributed by atoms with Crippen molar-refractivity contribution in [1.29, 1.82) is 0 Å².